The first-order valence-corrected chi connectivity index (χ1v) is 9.61. The van der Waals surface area contributed by atoms with Crippen molar-refractivity contribution >= 4 is 23.5 Å². The molecule has 0 aliphatic carbocycles. The zero-order valence-electron chi connectivity index (χ0n) is 17.6. The van der Waals surface area contributed by atoms with E-state index < -0.39 is 10.8 Å². The molecule has 0 heterocycles. The van der Waals surface area contributed by atoms with Crippen LogP contribution in [0.5, 0.6) is 11.5 Å². The molecule has 0 atom stereocenters. The fourth-order valence-electron chi connectivity index (χ4n) is 2.90. The first-order valence-electron chi connectivity index (χ1n) is 9.61. The Morgan fingerprint density at radius 2 is 1.91 bits per heavy atom. The summed E-state index contributed by atoms with van der Waals surface area (Å²) >= 11 is 0. The molecule has 0 saturated heterocycles. The van der Waals surface area contributed by atoms with Crippen LogP contribution < -0.4 is 20.6 Å². The van der Waals surface area contributed by atoms with E-state index in [0.29, 0.717) is 16.8 Å². The molecule has 0 radical (unpaired) electrons. The minimum atomic E-state index is -0.556. The van der Waals surface area contributed by atoms with E-state index in [-0.39, 0.29) is 23.8 Å². The van der Waals surface area contributed by atoms with E-state index in [1.165, 1.54) is 19.4 Å². The Balaban J connectivity index is 1.80. The summed E-state index contributed by atoms with van der Waals surface area (Å²) < 4.78 is 11.1. The number of rotatable bonds is 8. The molecule has 3 aromatic rings. The van der Waals surface area contributed by atoms with E-state index in [0.717, 1.165) is 11.1 Å². The highest BCUT2D eigenvalue weighted by molar-refractivity contribution is 5.95. The van der Waals surface area contributed by atoms with Crippen LogP contribution in [0.4, 0.5) is 11.4 Å². The second-order valence-corrected chi connectivity index (χ2v) is 6.86. The van der Waals surface area contributed by atoms with Crippen molar-refractivity contribution in [1.82, 2.24) is 5.43 Å². The van der Waals surface area contributed by atoms with Crippen molar-refractivity contribution in [3.05, 3.63) is 93.0 Å². The third kappa shape index (κ3) is 5.39. The summed E-state index contributed by atoms with van der Waals surface area (Å²) in [6.07, 6.45) is 1.29. The predicted molar refractivity (Wildman–Crippen MR) is 121 cm³/mol. The van der Waals surface area contributed by atoms with Crippen molar-refractivity contribution in [1.29, 1.82) is 0 Å². The summed E-state index contributed by atoms with van der Waals surface area (Å²) in [5.41, 5.74) is 10.9. The van der Waals surface area contributed by atoms with E-state index in [2.05, 4.69) is 10.5 Å². The van der Waals surface area contributed by atoms with Gasteiger partial charge in [-0.05, 0) is 48.4 Å². The SMILES string of the molecule is COc1cc(/C=N\NC(=O)c2ccc(N)cc2)cc([N+](=O)[O-])c1OCc1ccccc1C. The highest BCUT2D eigenvalue weighted by atomic mass is 16.6. The van der Waals surface area contributed by atoms with E-state index in [4.69, 9.17) is 15.2 Å². The maximum Gasteiger partial charge on any atom is 0.315 e. The normalized spacial score (nSPS) is 10.7. The summed E-state index contributed by atoms with van der Waals surface area (Å²) in [6.45, 7) is 2.08. The lowest BCUT2D eigenvalue weighted by atomic mass is 10.1. The van der Waals surface area contributed by atoms with Gasteiger partial charge in [0, 0.05) is 22.9 Å². The Hall–Kier alpha value is -4.40. The zero-order valence-corrected chi connectivity index (χ0v) is 17.6. The topological polar surface area (TPSA) is 129 Å². The minimum absolute atomic E-state index is 0.0174. The molecule has 0 saturated carbocycles. The lowest BCUT2D eigenvalue weighted by Gasteiger charge is -2.13. The van der Waals surface area contributed by atoms with Crippen molar-refractivity contribution in [3.63, 3.8) is 0 Å². The smallest absolute Gasteiger partial charge is 0.315 e. The number of benzene rings is 3. The van der Waals surface area contributed by atoms with Gasteiger partial charge >= 0.3 is 5.69 Å². The molecule has 164 valence electrons. The second-order valence-electron chi connectivity index (χ2n) is 6.86. The first kappa shape index (κ1) is 22.3. The first-order chi connectivity index (χ1) is 15.4. The number of ether oxygens (including phenoxy) is 2. The van der Waals surface area contributed by atoms with Crippen molar-refractivity contribution in [3.8, 4) is 11.5 Å². The van der Waals surface area contributed by atoms with Gasteiger partial charge in [0.05, 0.1) is 18.2 Å². The molecular weight excluding hydrogens is 412 g/mol. The number of carbonyl (C=O) groups is 1. The van der Waals surface area contributed by atoms with Gasteiger partial charge in [-0.2, -0.15) is 5.10 Å². The van der Waals surface area contributed by atoms with Gasteiger partial charge in [0.2, 0.25) is 5.75 Å². The number of hydrogen-bond donors (Lipinski definition) is 2. The molecule has 3 N–H and O–H groups in total. The minimum Gasteiger partial charge on any atom is -0.493 e. The zero-order chi connectivity index (χ0) is 23.1. The standard InChI is InChI=1S/C23H22N4O5/c1-15-5-3-4-6-18(15)14-32-22-20(27(29)30)11-16(12-21(22)31-2)13-25-26-23(28)17-7-9-19(24)10-8-17/h3-13H,14,24H2,1-2H3,(H,26,28)/b25-13-. The molecule has 32 heavy (non-hydrogen) atoms. The highest BCUT2D eigenvalue weighted by Crippen LogP contribution is 2.38. The number of anilines is 1. The van der Waals surface area contributed by atoms with Crippen molar-refractivity contribution in [2.24, 2.45) is 5.10 Å². The molecule has 0 aliphatic rings. The molecule has 9 heteroatoms. The van der Waals surface area contributed by atoms with Crippen LogP contribution in [0, 0.1) is 17.0 Å². The van der Waals surface area contributed by atoms with E-state index in [9.17, 15) is 14.9 Å². The van der Waals surface area contributed by atoms with Crippen molar-refractivity contribution < 1.29 is 19.2 Å². The van der Waals surface area contributed by atoms with E-state index in [1.807, 2.05) is 31.2 Å². The van der Waals surface area contributed by atoms with E-state index >= 15 is 0 Å². The number of aryl methyl sites for hydroxylation is 1. The number of carbonyl (C=O) groups excluding carboxylic acids is 1. The number of nitro groups is 1. The Morgan fingerprint density at radius 3 is 2.56 bits per heavy atom. The molecule has 0 spiro atoms. The second kappa shape index (κ2) is 10.1. The number of nitro benzene ring substituents is 1. The van der Waals surface area contributed by atoms with Crippen LogP contribution in [-0.2, 0) is 6.61 Å². The third-order valence-electron chi connectivity index (χ3n) is 4.66. The maximum atomic E-state index is 12.1. The number of nitrogens with one attached hydrogen (secondary N) is 1. The number of methoxy groups -OCH3 is 1. The Morgan fingerprint density at radius 1 is 1.19 bits per heavy atom. The lowest BCUT2D eigenvalue weighted by molar-refractivity contribution is -0.386. The molecule has 3 rings (SSSR count). The Labute approximate surface area is 184 Å². The van der Waals surface area contributed by atoms with Crippen LogP contribution in [0.3, 0.4) is 0 Å². The van der Waals surface area contributed by atoms with Gasteiger partial charge in [0.1, 0.15) is 6.61 Å². The van der Waals surface area contributed by atoms with Crippen LogP contribution in [0.2, 0.25) is 0 Å². The largest absolute Gasteiger partial charge is 0.493 e. The lowest BCUT2D eigenvalue weighted by Crippen LogP contribution is -2.17. The summed E-state index contributed by atoms with van der Waals surface area (Å²) in [4.78, 5) is 23.2. The summed E-state index contributed by atoms with van der Waals surface area (Å²) in [6, 6.07) is 16.8. The molecule has 9 nitrogen and oxygen atoms in total. The van der Waals surface area contributed by atoms with Gasteiger partial charge < -0.3 is 15.2 Å². The van der Waals surface area contributed by atoms with Crippen LogP contribution in [0.25, 0.3) is 0 Å². The van der Waals surface area contributed by atoms with Gasteiger partial charge in [0.25, 0.3) is 5.91 Å². The van der Waals surface area contributed by atoms with Gasteiger partial charge in [-0.1, -0.05) is 24.3 Å². The number of hydrazone groups is 1. The number of amides is 1. The molecule has 1 amide bonds. The fraction of sp³-hybridized carbons (Fsp3) is 0.130. The van der Waals surface area contributed by atoms with Crippen molar-refractivity contribution in [2.75, 3.05) is 12.8 Å². The number of nitrogens with two attached hydrogens (primary N) is 1. The van der Waals surface area contributed by atoms with Gasteiger partial charge in [-0.25, -0.2) is 5.43 Å². The predicted octanol–water partition coefficient (Wildman–Crippen LogP) is 3.84. The monoisotopic (exact) mass is 434 g/mol. The Kier molecular flexibility index (Phi) is 7.02. The van der Waals surface area contributed by atoms with Gasteiger partial charge in [0.15, 0.2) is 5.75 Å². The molecule has 0 aromatic heterocycles. The molecular formula is C23H22N4O5. The number of nitrogens with zero attached hydrogens (tertiary/aromatic N) is 2. The molecule has 0 fully saturated rings. The summed E-state index contributed by atoms with van der Waals surface area (Å²) in [5, 5.41) is 15.5. The summed E-state index contributed by atoms with van der Waals surface area (Å²) in [5.74, 6) is -0.246. The average molecular weight is 434 g/mol. The van der Waals surface area contributed by atoms with Crippen LogP contribution >= 0.6 is 0 Å². The molecule has 0 bridgehead atoms. The molecule has 3 aromatic carbocycles. The van der Waals surface area contributed by atoms with Crippen molar-refractivity contribution in [2.45, 2.75) is 13.5 Å². The molecule has 0 unspecified atom stereocenters. The average Bonchev–Trinajstić information content (AvgIpc) is 2.78. The fourth-order valence-corrected chi connectivity index (χ4v) is 2.90. The third-order valence-corrected chi connectivity index (χ3v) is 4.66. The molecule has 0 aliphatic heterocycles. The maximum absolute atomic E-state index is 12.1. The quantitative estimate of drug-likeness (QED) is 0.240. The van der Waals surface area contributed by atoms with E-state index in [1.54, 1.807) is 30.3 Å². The number of hydrogen-bond acceptors (Lipinski definition) is 7. The highest BCUT2D eigenvalue weighted by Gasteiger charge is 2.22. The number of nitrogen functional groups attached to an aromatic ring is 1. The van der Waals surface area contributed by atoms with Gasteiger partial charge in [-0.3, -0.25) is 14.9 Å². The van der Waals surface area contributed by atoms with Crippen LogP contribution in [0.15, 0.2) is 65.8 Å². The summed E-state index contributed by atoms with van der Waals surface area (Å²) in [7, 11) is 1.39. The van der Waals surface area contributed by atoms with Gasteiger partial charge in [-0.15, -0.1) is 0 Å². The van der Waals surface area contributed by atoms with Crippen LogP contribution in [-0.4, -0.2) is 24.2 Å². The van der Waals surface area contributed by atoms with Crippen LogP contribution in [0.1, 0.15) is 27.0 Å². The Bertz CT molecular complexity index is 1160.